The fourth-order valence-corrected chi connectivity index (χ4v) is 1.67. The van der Waals surface area contributed by atoms with Gasteiger partial charge in [-0.15, -0.1) is 12.4 Å². The van der Waals surface area contributed by atoms with Gasteiger partial charge in [-0.05, 0) is 23.8 Å². The number of hydrogen-bond donors (Lipinski definition) is 2. The number of nitrogens with two attached hydrogens (primary N) is 1. The van der Waals surface area contributed by atoms with Crippen molar-refractivity contribution in [2.75, 3.05) is 0 Å². The van der Waals surface area contributed by atoms with Crippen molar-refractivity contribution in [3.8, 4) is 5.75 Å². The molecule has 86 valence electrons. The average Bonchev–Trinajstić information content (AvgIpc) is 2.08. The molecule has 0 heterocycles. The number of alkyl halides is 2. The third kappa shape index (κ3) is 4.32. The third-order valence-corrected chi connectivity index (χ3v) is 2.53. The number of benzene rings is 1. The van der Waals surface area contributed by atoms with Crippen LogP contribution < -0.4 is 5.73 Å². The molecule has 0 aromatic heterocycles. The minimum atomic E-state index is -2.45. The van der Waals surface area contributed by atoms with E-state index in [0.717, 1.165) is 0 Å². The molecule has 0 fully saturated rings. The van der Waals surface area contributed by atoms with Crippen LogP contribution in [0.4, 0.5) is 8.78 Å². The lowest BCUT2D eigenvalue weighted by Gasteiger charge is -2.13. The summed E-state index contributed by atoms with van der Waals surface area (Å²) in [6, 6.07) is 3.66. The number of rotatable bonds is 3. The Morgan fingerprint density at radius 3 is 2.53 bits per heavy atom. The maximum Gasteiger partial charge on any atom is 0.240 e. The van der Waals surface area contributed by atoms with Gasteiger partial charge in [0.2, 0.25) is 6.43 Å². The van der Waals surface area contributed by atoms with Gasteiger partial charge in [0.1, 0.15) is 5.75 Å². The van der Waals surface area contributed by atoms with Crippen molar-refractivity contribution < 1.29 is 13.9 Å². The lowest BCUT2D eigenvalue weighted by molar-refractivity contribution is 0.128. The zero-order chi connectivity index (χ0) is 10.7. The second-order valence-electron chi connectivity index (χ2n) is 2.94. The van der Waals surface area contributed by atoms with Gasteiger partial charge in [0.15, 0.2) is 0 Å². The van der Waals surface area contributed by atoms with Crippen LogP contribution in [0.1, 0.15) is 18.0 Å². The molecule has 0 saturated heterocycles. The standard InChI is InChI=1S/C9H10BrF2NO.ClH/c10-7-2-1-5(14)3-6(7)8(13)4-9(11)12;/h1-3,8-9,14H,4,13H2;1H/t8-;/m0./s1. The Hall–Kier alpha value is -0.390. The molecule has 0 aliphatic rings. The smallest absolute Gasteiger partial charge is 0.240 e. The van der Waals surface area contributed by atoms with Crippen LogP contribution in [0.3, 0.4) is 0 Å². The number of halogens is 4. The van der Waals surface area contributed by atoms with Gasteiger partial charge in [0.05, 0.1) is 0 Å². The van der Waals surface area contributed by atoms with Crippen LogP contribution in [0.25, 0.3) is 0 Å². The van der Waals surface area contributed by atoms with Crippen LogP contribution in [0.15, 0.2) is 22.7 Å². The van der Waals surface area contributed by atoms with E-state index in [1.54, 1.807) is 6.07 Å². The first-order valence-electron chi connectivity index (χ1n) is 4.03. The van der Waals surface area contributed by atoms with E-state index >= 15 is 0 Å². The first-order chi connectivity index (χ1) is 6.50. The molecule has 0 aliphatic heterocycles. The molecule has 0 bridgehead atoms. The molecule has 0 amide bonds. The van der Waals surface area contributed by atoms with E-state index in [4.69, 9.17) is 10.8 Å². The molecule has 3 N–H and O–H groups in total. The van der Waals surface area contributed by atoms with Gasteiger partial charge in [-0.3, -0.25) is 0 Å². The quantitative estimate of drug-likeness (QED) is 0.900. The first-order valence-corrected chi connectivity index (χ1v) is 4.82. The van der Waals surface area contributed by atoms with Gasteiger partial charge >= 0.3 is 0 Å². The van der Waals surface area contributed by atoms with Gasteiger partial charge in [-0.25, -0.2) is 8.78 Å². The largest absolute Gasteiger partial charge is 0.508 e. The summed E-state index contributed by atoms with van der Waals surface area (Å²) in [5, 5.41) is 9.16. The molecule has 1 aromatic rings. The molecule has 1 rings (SSSR count). The Labute approximate surface area is 101 Å². The third-order valence-electron chi connectivity index (χ3n) is 1.81. The Balaban J connectivity index is 0.00000196. The Bertz CT molecular complexity index is 325. The van der Waals surface area contributed by atoms with Crippen molar-refractivity contribution in [2.45, 2.75) is 18.9 Å². The van der Waals surface area contributed by atoms with Crippen LogP contribution >= 0.6 is 28.3 Å². The summed E-state index contributed by atoms with van der Waals surface area (Å²) in [7, 11) is 0. The van der Waals surface area contributed by atoms with E-state index in [0.29, 0.717) is 10.0 Å². The summed E-state index contributed by atoms with van der Waals surface area (Å²) >= 11 is 3.18. The fraction of sp³-hybridized carbons (Fsp3) is 0.333. The second-order valence-corrected chi connectivity index (χ2v) is 3.79. The minimum Gasteiger partial charge on any atom is -0.508 e. The Kier molecular flexibility index (Phi) is 6.09. The number of aromatic hydroxyl groups is 1. The lowest BCUT2D eigenvalue weighted by Crippen LogP contribution is -2.14. The monoisotopic (exact) mass is 301 g/mol. The highest BCUT2D eigenvalue weighted by atomic mass is 79.9. The maximum absolute atomic E-state index is 12.0. The topological polar surface area (TPSA) is 46.2 Å². The van der Waals surface area contributed by atoms with Gasteiger partial charge < -0.3 is 10.8 Å². The van der Waals surface area contributed by atoms with Gasteiger partial charge in [0, 0.05) is 16.9 Å². The van der Waals surface area contributed by atoms with E-state index in [1.807, 2.05) is 0 Å². The Morgan fingerprint density at radius 2 is 2.00 bits per heavy atom. The van der Waals surface area contributed by atoms with Crippen molar-refractivity contribution in [1.29, 1.82) is 0 Å². The van der Waals surface area contributed by atoms with Crippen molar-refractivity contribution in [3.05, 3.63) is 28.2 Å². The highest BCUT2D eigenvalue weighted by molar-refractivity contribution is 9.10. The van der Waals surface area contributed by atoms with E-state index in [1.165, 1.54) is 12.1 Å². The van der Waals surface area contributed by atoms with Crippen molar-refractivity contribution >= 4 is 28.3 Å². The SMILES string of the molecule is Cl.N[C@@H](CC(F)F)c1cc(O)ccc1Br. The first kappa shape index (κ1) is 14.6. The molecule has 0 unspecified atom stereocenters. The van der Waals surface area contributed by atoms with Crippen molar-refractivity contribution in [2.24, 2.45) is 5.73 Å². The van der Waals surface area contributed by atoms with Crippen LogP contribution in [-0.4, -0.2) is 11.5 Å². The number of phenolic OH excluding ortho intramolecular Hbond substituents is 1. The predicted molar refractivity (Wildman–Crippen MR) is 60.6 cm³/mol. The molecule has 0 radical (unpaired) electrons. The summed E-state index contributed by atoms with van der Waals surface area (Å²) < 4.78 is 24.7. The molecule has 15 heavy (non-hydrogen) atoms. The van der Waals surface area contributed by atoms with Gasteiger partial charge in [0.25, 0.3) is 0 Å². The molecule has 2 nitrogen and oxygen atoms in total. The molecule has 0 aliphatic carbocycles. The number of hydrogen-bond acceptors (Lipinski definition) is 2. The molecule has 0 spiro atoms. The zero-order valence-electron chi connectivity index (χ0n) is 7.66. The van der Waals surface area contributed by atoms with Crippen LogP contribution in [0.2, 0.25) is 0 Å². The lowest BCUT2D eigenvalue weighted by atomic mass is 10.0. The molecular weight excluding hydrogens is 291 g/mol. The summed E-state index contributed by atoms with van der Waals surface area (Å²) in [5.74, 6) is 0.0212. The molecule has 6 heteroatoms. The van der Waals surface area contributed by atoms with Crippen LogP contribution in [-0.2, 0) is 0 Å². The zero-order valence-corrected chi connectivity index (χ0v) is 10.1. The normalized spacial score (nSPS) is 12.3. The summed E-state index contributed by atoms with van der Waals surface area (Å²) in [4.78, 5) is 0. The van der Waals surface area contributed by atoms with E-state index in [9.17, 15) is 8.78 Å². The average molecular weight is 303 g/mol. The molecule has 0 saturated carbocycles. The van der Waals surface area contributed by atoms with Crippen molar-refractivity contribution in [3.63, 3.8) is 0 Å². The van der Waals surface area contributed by atoms with E-state index < -0.39 is 18.9 Å². The van der Waals surface area contributed by atoms with Crippen LogP contribution in [0.5, 0.6) is 5.75 Å². The minimum absolute atomic E-state index is 0. The predicted octanol–water partition coefficient (Wildman–Crippen LogP) is 3.23. The molecule has 1 aromatic carbocycles. The van der Waals surface area contributed by atoms with E-state index in [-0.39, 0.29) is 18.2 Å². The Morgan fingerprint density at radius 1 is 1.40 bits per heavy atom. The van der Waals surface area contributed by atoms with Gasteiger partial charge in [-0.2, -0.15) is 0 Å². The highest BCUT2D eigenvalue weighted by Gasteiger charge is 2.15. The van der Waals surface area contributed by atoms with Gasteiger partial charge in [-0.1, -0.05) is 15.9 Å². The summed E-state index contributed by atoms with van der Waals surface area (Å²) in [5.41, 5.74) is 6.04. The van der Waals surface area contributed by atoms with Crippen LogP contribution in [0, 0.1) is 0 Å². The van der Waals surface area contributed by atoms with E-state index in [2.05, 4.69) is 15.9 Å². The highest BCUT2D eigenvalue weighted by Crippen LogP contribution is 2.28. The second kappa shape index (κ2) is 6.25. The molecular formula is C9H11BrClF2NO. The molecule has 1 atom stereocenters. The number of phenols is 1. The van der Waals surface area contributed by atoms with Crippen molar-refractivity contribution in [1.82, 2.24) is 0 Å². The fourth-order valence-electron chi connectivity index (χ4n) is 1.13. The summed E-state index contributed by atoms with van der Waals surface area (Å²) in [6.07, 6.45) is -2.86. The summed E-state index contributed by atoms with van der Waals surface area (Å²) in [6.45, 7) is 0. The maximum atomic E-state index is 12.0.